The van der Waals surface area contributed by atoms with Crippen LogP contribution >= 0.6 is 0 Å². The van der Waals surface area contributed by atoms with Crippen molar-refractivity contribution in [2.75, 3.05) is 20.7 Å². The molecular weight excluding hydrogens is 322 g/mol. The summed E-state index contributed by atoms with van der Waals surface area (Å²) in [5.74, 6) is -0.813. The van der Waals surface area contributed by atoms with Crippen LogP contribution in [0.5, 0.6) is 5.75 Å². The standard InChI is InChI=1S/C14H17N3O5S/c1-16(2)23(20,21)11-9-15-17(10-11)7-8-22-13-6-4-3-5-12(13)14(18)19/h3-6,9-10H,7-8H2,1-2H3,(H,18,19). The molecule has 0 radical (unpaired) electrons. The van der Waals surface area contributed by atoms with Crippen LogP contribution in [0.25, 0.3) is 0 Å². The van der Waals surface area contributed by atoms with Crippen LogP contribution in [0.2, 0.25) is 0 Å². The van der Waals surface area contributed by atoms with E-state index in [0.29, 0.717) is 0 Å². The Bertz CT molecular complexity index is 798. The molecule has 0 fully saturated rings. The Kier molecular flexibility index (Phi) is 5.02. The van der Waals surface area contributed by atoms with Crippen molar-refractivity contribution in [1.82, 2.24) is 14.1 Å². The predicted octanol–water partition coefficient (Wildman–Crippen LogP) is 0.911. The van der Waals surface area contributed by atoms with Gasteiger partial charge in [-0.1, -0.05) is 12.1 Å². The Hall–Kier alpha value is -2.39. The van der Waals surface area contributed by atoms with Crippen molar-refractivity contribution in [2.45, 2.75) is 11.4 Å². The zero-order valence-electron chi connectivity index (χ0n) is 12.7. The molecule has 124 valence electrons. The zero-order valence-corrected chi connectivity index (χ0v) is 13.5. The number of nitrogens with zero attached hydrogens (tertiary/aromatic N) is 3. The average Bonchev–Trinajstić information content (AvgIpc) is 2.97. The average molecular weight is 339 g/mol. The summed E-state index contributed by atoms with van der Waals surface area (Å²) in [5.41, 5.74) is 0.0730. The molecule has 1 N–H and O–H groups in total. The van der Waals surface area contributed by atoms with Crippen LogP contribution in [0, 0.1) is 0 Å². The number of aromatic nitrogens is 2. The Balaban J connectivity index is 2.01. The summed E-state index contributed by atoms with van der Waals surface area (Å²) in [6.07, 6.45) is 2.67. The van der Waals surface area contributed by atoms with Crippen molar-refractivity contribution in [1.29, 1.82) is 0 Å². The van der Waals surface area contributed by atoms with Gasteiger partial charge in [-0.2, -0.15) is 5.10 Å². The minimum atomic E-state index is -3.52. The van der Waals surface area contributed by atoms with E-state index in [-0.39, 0.29) is 29.4 Å². The number of rotatable bonds is 7. The molecule has 0 saturated carbocycles. The van der Waals surface area contributed by atoms with Crippen LogP contribution in [-0.2, 0) is 16.6 Å². The Labute approximate surface area is 134 Å². The van der Waals surface area contributed by atoms with Crippen LogP contribution in [-0.4, -0.2) is 54.3 Å². The molecule has 8 nitrogen and oxygen atoms in total. The molecule has 2 aromatic rings. The molecule has 1 aromatic heterocycles. The van der Waals surface area contributed by atoms with E-state index < -0.39 is 16.0 Å². The van der Waals surface area contributed by atoms with Gasteiger partial charge in [-0.25, -0.2) is 17.5 Å². The third-order valence-electron chi connectivity index (χ3n) is 3.08. The number of ether oxygens (including phenoxy) is 1. The third kappa shape index (κ3) is 3.88. The molecule has 0 aliphatic carbocycles. The molecule has 0 bridgehead atoms. The largest absolute Gasteiger partial charge is 0.491 e. The fraction of sp³-hybridized carbons (Fsp3) is 0.286. The van der Waals surface area contributed by atoms with Crippen molar-refractivity contribution in [3.8, 4) is 5.75 Å². The molecule has 1 aromatic carbocycles. The molecule has 0 saturated heterocycles. The zero-order chi connectivity index (χ0) is 17.0. The first-order chi connectivity index (χ1) is 10.8. The second-order valence-electron chi connectivity index (χ2n) is 4.88. The van der Waals surface area contributed by atoms with Gasteiger partial charge in [-0.05, 0) is 12.1 Å². The van der Waals surface area contributed by atoms with Crippen molar-refractivity contribution in [2.24, 2.45) is 0 Å². The molecule has 0 amide bonds. The SMILES string of the molecule is CN(C)S(=O)(=O)c1cnn(CCOc2ccccc2C(=O)O)c1. The Morgan fingerprint density at radius 2 is 2.04 bits per heavy atom. The fourth-order valence-corrected chi connectivity index (χ4v) is 2.69. The predicted molar refractivity (Wildman–Crippen MR) is 82.0 cm³/mol. The van der Waals surface area contributed by atoms with Gasteiger partial charge in [0.25, 0.3) is 0 Å². The van der Waals surface area contributed by atoms with Crippen LogP contribution in [0.15, 0.2) is 41.6 Å². The van der Waals surface area contributed by atoms with Gasteiger partial charge in [0, 0.05) is 20.3 Å². The molecule has 0 aliphatic heterocycles. The first-order valence-electron chi connectivity index (χ1n) is 6.72. The number of benzene rings is 1. The lowest BCUT2D eigenvalue weighted by molar-refractivity contribution is 0.0692. The molecular formula is C14H17N3O5S. The lowest BCUT2D eigenvalue weighted by atomic mass is 10.2. The maximum absolute atomic E-state index is 11.9. The quantitative estimate of drug-likeness (QED) is 0.804. The minimum absolute atomic E-state index is 0.0730. The van der Waals surface area contributed by atoms with Crippen LogP contribution < -0.4 is 4.74 Å². The normalized spacial score (nSPS) is 11.6. The Morgan fingerprint density at radius 1 is 1.35 bits per heavy atom. The van der Waals surface area contributed by atoms with Crippen molar-refractivity contribution >= 4 is 16.0 Å². The first-order valence-corrected chi connectivity index (χ1v) is 8.16. The lowest BCUT2D eigenvalue weighted by Gasteiger charge is -2.09. The molecule has 23 heavy (non-hydrogen) atoms. The number of carboxylic acid groups (broad SMARTS) is 1. The molecule has 1 heterocycles. The number of sulfonamides is 1. The maximum atomic E-state index is 11.9. The van der Waals surface area contributed by atoms with E-state index in [1.54, 1.807) is 18.2 Å². The number of hydrogen-bond acceptors (Lipinski definition) is 5. The van der Waals surface area contributed by atoms with Crippen molar-refractivity contribution in [3.63, 3.8) is 0 Å². The van der Waals surface area contributed by atoms with Gasteiger partial charge in [-0.3, -0.25) is 4.68 Å². The topological polar surface area (TPSA) is 102 Å². The smallest absolute Gasteiger partial charge is 0.339 e. The third-order valence-corrected chi connectivity index (χ3v) is 4.85. The number of carboxylic acids is 1. The van der Waals surface area contributed by atoms with E-state index >= 15 is 0 Å². The first kappa shape index (κ1) is 17.0. The van der Waals surface area contributed by atoms with Gasteiger partial charge < -0.3 is 9.84 Å². The molecule has 9 heteroatoms. The molecule has 0 aliphatic rings. The van der Waals surface area contributed by atoms with Gasteiger partial charge in [0.2, 0.25) is 10.0 Å². The van der Waals surface area contributed by atoms with Crippen molar-refractivity contribution in [3.05, 3.63) is 42.2 Å². The highest BCUT2D eigenvalue weighted by atomic mass is 32.2. The Morgan fingerprint density at radius 3 is 2.70 bits per heavy atom. The lowest BCUT2D eigenvalue weighted by Crippen LogP contribution is -2.21. The van der Waals surface area contributed by atoms with Gasteiger partial charge >= 0.3 is 5.97 Å². The molecule has 2 rings (SSSR count). The van der Waals surface area contributed by atoms with Crippen LogP contribution in [0.1, 0.15) is 10.4 Å². The summed E-state index contributed by atoms with van der Waals surface area (Å²) < 4.78 is 31.9. The van der Waals surface area contributed by atoms with Gasteiger partial charge in [-0.15, -0.1) is 0 Å². The van der Waals surface area contributed by atoms with E-state index in [9.17, 15) is 13.2 Å². The highest BCUT2D eigenvalue weighted by Crippen LogP contribution is 2.18. The summed E-state index contributed by atoms with van der Waals surface area (Å²) in [6.45, 7) is 0.449. The number of para-hydroxylation sites is 1. The van der Waals surface area contributed by atoms with Gasteiger partial charge in [0.15, 0.2) is 0 Å². The monoisotopic (exact) mass is 339 g/mol. The molecule has 0 spiro atoms. The fourth-order valence-electron chi connectivity index (χ4n) is 1.83. The molecule has 0 atom stereocenters. The summed E-state index contributed by atoms with van der Waals surface area (Å²) >= 11 is 0. The number of aromatic carboxylic acids is 1. The maximum Gasteiger partial charge on any atom is 0.339 e. The van der Waals surface area contributed by atoms with E-state index in [4.69, 9.17) is 9.84 Å². The minimum Gasteiger partial charge on any atom is -0.491 e. The number of carbonyl (C=O) groups is 1. The van der Waals surface area contributed by atoms with E-state index in [1.165, 1.54) is 37.2 Å². The van der Waals surface area contributed by atoms with Crippen LogP contribution in [0.4, 0.5) is 0 Å². The van der Waals surface area contributed by atoms with E-state index in [0.717, 1.165) is 4.31 Å². The van der Waals surface area contributed by atoms with Gasteiger partial charge in [0.05, 0.1) is 12.7 Å². The van der Waals surface area contributed by atoms with E-state index in [1.807, 2.05) is 0 Å². The summed E-state index contributed by atoms with van der Waals surface area (Å²) in [7, 11) is -0.634. The second kappa shape index (κ2) is 6.80. The molecule has 0 unspecified atom stereocenters. The van der Waals surface area contributed by atoms with E-state index in [2.05, 4.69) is 5.10 Å². The van der Waals surface area contributed by atoms with Gasteiger partial charge in [0.1, 0.15) is 22.8 Å². The summed E-state index contributed by atoms with van der Waals surface area (Å²) in [5, 5.41) is 13.0. The number of hydrogen-bond donors (Lipinski definition) is 1. The highest BCUT2D eigenvalue weighted by Gasteiger charge is 2.19. The second-order valence-corrected chi connectivity index (χ2v) is 7.03. The summed E-state index contributed by atoms with van der Waals surface area (Å²) in [4.78, 5) is 11.2. The van der Waals surface area contributed by atoms with Crippen molar-refractivity contribution < 1.29 is 23.1 Å². The van der Waals surface area contributed by atoms with Crippen LogP contribution in [0.3, 0.4) is 0 Å². The summed E-state index contributed by atoms with van der Waals surface area (Å²) in [6, 6.07) is 6.31. The highest BCUT2D eigenvalue weighted by molar-refractivity contribution is 7.89.